The van der Waals surface area contributed by atoms with Crippen LogP contribution in [0.3, 0.4) is 0 Å². The summed E-state index contributed by atoms with van der Waals surface area (Å²) in [5.74, 6) is 0.373. The molecular formula is C26H26N8O2. The number of anilines is 3. The lowest BCUT2D eigenvalue weighted by molar-refractivity contribution is 0.0966. The summed E-state index contributed by atoms with van der Waals surface area (Å²) in [6.07, 6.45) is 5.06. The molecule has 0 spiro atoms. The Morgan fingerprint density at radius 3 is 3.08 bits per heavy atom. The second-order valence-electron chi connectivity index (χ2n) is 9.45. The molecule has 1 saturated heterocycles. The minimum absolute atomic E-state index is 0.216. The summed E-state index contributed by atoms with van der Waals surface area (Å²) in [5, 5.41) is 20.4. The van der Waals surface area contributed by atoms with Gasteiger partial charge in [0.15, 0.2) is 0 Å². The van der Waals surface area contributed by atoms with Gasteiger partial charge in [-0.1, -0.05) is 0 Å². The second kappa shape index (κ2) is 8.00. The average Bonchev–Trinajstić information content (AvgIpc) is 3.59. The Morgan fingerprint density at radius 1 is 1.22 bits per heavy atom. The van der Waals surface area contributed by atoms with Crippen LogP contribution >= 0.6 is 0 Å². The normalized spacial score (nSPS) is 22.2. The van der Waals surface area contributed by atoms with E-state index in [0.29, 0.717) is 59.0 Å². The number of nitrogens with zero attached hydrogens (tertiary/aromatic N) is 5. The lowest BCUT2D eigenvalue weighted by Crippen LogP contribution is -2.34. The van der Waals surface area contributed by atoms with Crippen molar-refractivity contribution in [3.8, 4) is 11.3 Å². The molecule has 4 aromatic heterocycles. The van der Waals surface area contributed by atoms with Gasteiger partial charge < -0.3 is 30.5 Å². The number of aliphatic hydroxyl groups excluding tert-OH is 1. The molecule has 7 rings (SSSR count). The van der Waals surface area contributed by atoms with Gasteiger partial charge in [0.05, 0.1) is 40.6 Å². The molecule has 0 aliphatic carbocycles. The van der Waals surface area contributed by atoms with Crippen molar-refractivity contribution in [2.45, 2.75) is 31.7 Å². The Morgan fingerprint density at radius 2 is 2.17 bits per heavy atom. The molecule has 182 valence electrons. The summed E-state index contributed by atoms with van der Waals surface area (Å²) in [6, 6.07) is 7.62. The van der Waals surface area contributed by atoms with Gasteiger partial charge in [-0.15, -0.1) is 0 Å². The van der Waals surface area contributed by atoms with Crippen molar-refractivity contribution in [1.29, 1.82) is 0 Å². The molecule has 1 unspecified atom stereocenters. The van der Waals surface area contributed by atoms with Gasteiger partial charge >= 0.3 is 0 Å². The summed E-state index contributed by atoms with van der Waals surface area (Å²) in [5.41, 5.74) is 5.27. The zero-order valence-electron chi connectivity index (χ0n) is 22.3. The number of aromatic nitrogens is 4. The number of amides is 1. The number of hydrogen-bond donors (Lipinski definition) is 4. The smallest absolute Gasteiger partial charge is 0.254 e. The number of rotatable bonds is 3. The molecule has 1 fully saturated rings. The largest absolute Gasteiger partial charge is 0.391 e. The molecule has 3 aliphatic heterocycles. The topological polar surface area (TPSA) is 120 Å². The molecule has 7 heterocycles. The SMILES string of the molecule is [2H]C([2H])([2H])n1ccc2c(-c3ncc(Nc4ccc5c(n4)CNCC4C[C@@H](O)CN54)c4c3CNC4=O)ccnc21. The number of pyridine rings is 3. The van der Waals surface area contributed by atoms with Crippen molar-refractivity contribution < 1.29 is 14.0 Å². The molecular weight excluding hydrogens is 456 g/mol. The van der Waals surface area contributed by atoms with Gasteiger partial charge in [0.2, 0.25) is 0 Å². The van der Waals surface area contributed by atoms with E-state index in [0.717, 1.165) is 34.5 Å². The van der Waals surface area contributed by atoms with Crippen molar-refractivity contribution >= 4 is 34.1 Å². The Bertz CT molecular complexity index is 1640. The lowest BCUT2D eigenvalue weighted by atomic mass is 10.0. The molecule has 4 N–H and O–H groups in total. The monoisotopic (exact) mass is 485 g/mol. The predicted octanol–water partition coefficient (Wildman–Crippen LogP) is 2.06. The maximum Gasteiger partial charge on any atom is 0.254 e. The van der Waals surface area contributed by atoms with E-state index in [9.17, 15) is 9.90 Å². The molecule has 0 aromatic carbocycles. The van der Waals surface area contributed by atoms with Gasteiger partial charge in [0.25, 0.3) is 5.91 Å². The fraction of sp³-hybridized carbons (Fsp3) is 0.308. The Balaban J connectivity index is 1.26. The maximum atomic E-state index is 13.0. The molecule has 2 atom stereocenters. The van der Waals surface area contributed by atoms with E-state index in [1.807, 2.05) is 12.1 Å². The molecule has 1 amide bonds. The predicted molar refractivity (Wildman–Crippen MR) is 136 cm³/mol. The van der Waals surface area contributed by atoms with E-state index >= 15 is 0 Å². The first-order chi connectivity index (χ1) is 18.8. The second-order valence-corrected chi connectivity index (χ2v) is 9.45. The van der Waals surface area contributed by atoms with Crippen LogP contribution in [0.2, 0.25) is 0 Å². The summed E-state index contributed by atoms with van der Waals surface area (Å²) in [6.45, 7) is -0.0776. The number of nitrogens with one attached hydrogen (secondary N) is 3. The summed E-state index contributed by atoms with van der Waals surface area (Å²) < 4.78 is 24.6. The molecule has 10 nitrogen and oxygen atoms in total. The zero-order chi connectivity index (χ0) is 26.9. The number of hydrogen-bond acceptors (Lipinski definition) is 8. The number of fused-ring (bicyclic) bond motifs is 5. The Kier molecular flexibility index (Phi) is 4.06. The van der Waals surface area contributed by atoms with Crippen LogP contribution in [0, 0.1) is 0 Å². The number of aliphatic hydroxyl groups is 1. The molecule has 10 heteroatoms. The first kappa shape index (κ1) is 18.3. The maximum absolute atomic E-state index is 13.0. The van der Waals surface area contributed by atoms with Crippen LogP contribution in [0.5, 0.6) is 0 Å². The fourth-order valence-corrected chi connectivity index (χ4v) is 5.64. The van der Waals surface area contributed by atoms with E-state index in [4.69, 9.17) is 14.1 Å². The van der Waals surface area contributed by atoms with E-state index in [1.165, 1.54) is 6.20 Å². The molecule has 0 bridgehead atoms. The summed E-state index contributed by atoms with van der Waals surface area (Å²) >= 11 is 0. The Hall–Kier alpha value is -4.02. The van der Waals surface area contributed by atoms with E-state index < -0.39 is 6.98 Å². The van der Waals surface area contributed by atoms with Crippen molar-refractivity contribution in [2.24, 2.45) is 6.98 Å². The zero-order valence-corrected chi connectivity index (χ0v) is 19.3. The number of aryl methyl sites for hydroxylation is 1. The molecule has 36 heavy (non-hydrogen) atoms. The van der Waals surface area contributed by atoms with Crippen LogP contribution in [0.4, 0.5) is 17.2 Å². The van der Waals surface area contributed by atoms with Crippen LogP contribution in [-0.2, 0) is 20.1 Å². The third kappa shape index (κ3) is 3.25. The van der Waals surface area contributed by atoms with Gasteiger partial charge in [-0.25, -0.2) is 9.97 Å². The van der Waals surface area contributed by atoms with Crippen molar-refractivity contribution in [1.82, 2.24) is 30.2 Å². The quantitative estimate of drug-likeness (QED) is 0.348. The Labute approximate surface area is 211 Å². The minimum Gasteiger partial charge on any atom is -0.391 e. The molecule has 0 radical (unpaired) electrons. The highest BCUT2D eigenvalue weighted by Gasteiger charge is 2.34. The third-order valence-corrected chi connectivity index (χ3v) is 7.26. The van der Waals surface area contributed by atoms with Crippen molar-refractivity contribution in [3.63, 3.8) is 0 Å². The van der Waals surface area contributed by atoms with E-state index in [1.54, 1.807) is 24.5 Å². The highest BCUT2D eigenvalue weighted by molar-refractivity contribution is 6.06. The lowest BCUT2D eigenvalue weighted by Gasteiger charge is -2.25. The standard InChI is InChI=1S/C26H26N8O2/c1-33-7-5-17-16(4-6-28-25(17)33)24-18-10-30-26(36)23(18)20(12-29-24)32-22-3-2-21-19(31-22)11-27-9-14-8-15(35)13-34(14)21/h2-7,12,14-15,27,35H,8-11,13H2,1H3,(H,30,36)(H,31,32)/t14?,15-/m1/s1/i1D3. The van der Waals surface area contributed by atoms with Crippen LogP contribution in [0.1, 0.15) is 32.1 Å². The van der Waals surface area contributed by atoms with Crippen LogP contribution in [-0.4, -0.2) is 55.8 Å². The highest BCUT2D eigenvalue weighted by Crippen LogP contribution is 2.37. The summed E-state index contributed by atoms with van der Waals surface area (Å²) in [7, 11) is 0. The van der Waals surface area contributed by atoms with Crippen LogP contribution in [0.15, 0.2) is 42.9 Å². The van der Waals surface area contributed by atoms with Gasteiger partial charge in [-0.2, -0.15) is 0 Å². The van der Waals surface area contributed by atoms with Crippen LogP contribution in [0.25, 0.3) is 22.3 Å². The van der Waals surface area contributed by atoms with Crippen molar-refractivity contribution in [3.05, 3.63) is 59.7 Å². The van der Waals surface area contributed by atoms with Gasteiger partial charge in [-0.05, 0) is 30.7 Å². The van der Waals surface area contributed by atoms with E-state index in [2.05, 4.69) is 25.8 Å². The fourth-order valence-electron chi connectivity index (χ4n) is 5.64. The van der Waals surface area contributed by atoms with Crippen LogP contribution < -0.4 is 20.9 Å². The van der Waals surface area contributed by atoms with Crippen molar-refractivity contribution in [2.75, 3.05) is 23.3 Å². The number of carbonyl (C=O) groups is 1. The van der Waals surface area contributed by atoms with Gasteiger partial charge in [-0.3, -0.25) is 9.78 Å². The average molecular weight is 486 g/mol. The first-order valence-corrected chi connectivity index (χ1v) is 12.0. The molecule has 0 saturated carbocycles. The van der Waals surface area contributed by atoms with Gasteiger partial charge in [0.1, 0.15) is 11.5 Å². The number of carbonyl (C=O) groups excluding carboxylic acids is 1. The highest BCUT2D eigenvalue weighted by atomic mass is 16.3. The van der Waals surface area contributed by atoms with E-state index in [-0.39, 0.29) is 18.1 Å². The third-order valence-electron chi connectivity index (χ3n) is 7.26. The van der Waals surface area contributed by atoms with Gasteiger partial charge in [0, 0.05) is 72.2 Å². The molecule has 4 aromatic rings. The summed E-state index contributed by atoms with van der Waals surface area (Å²) in [4.78, 5) is 29.0. The molecule has 3 aliphatic rings. The first-order valence-electron chi connectivity index (χ1n) is 13.5. The minimum atomic E-state index is -2.36.